The van der Waals surface area contributed by atoms with Crippen molar-refractivity contribution in [1.29, 1.82) is 0 Å². The molecule has 0 fully saturated rings. The van der Waals surface area contributed by atoms with Crippen LogP contribution in [0.5, 0.6) is 0 Å². The quantitative estimate of drug-likeness (QED) is 0.545. The number of rotatable bonds is 4. The van der Waals surface area contributed by atoms with Gasteiger partial charge in [0.2, 0.25) is 0 Å². The second-order valence-corrected chi connectivity index (χ2v) is 5.15. The van der Waals surface area contributed by atoms with E-state index in [0.29, 0.717) is 0 Å². The Kier molecular flexibility index (Phi) is 6.21. The molecule has 2 amide bonds. The largest absolute Gasteiger partial charge is 0.465 e. The smallest absolute Gasteiger partial charge is 0.430 e. The number of hydrogen-bond acceptors (Lipinski definition) is 9. The van der Waals surface area contributed by atoms with Crippen LogP contribution in [0.2, 0.25) is 0 Å². The summed E-state index contributed by atoms with van der Waals surface area (Å²) < 4.78 is 20.5. The van der Waals surface area contributed by atoms with E-state index >= 15 is 0 Å². The number of esters is 2. The molecular weight excluding hydrogens is 364 g/mol. The molecule has 148 valence electrons. The van der Waals surface area contributed by atoms with E-state index in [-0.39, 0.29) is 43.4 Å². The zero-order valence-electron chi connectivity index (χ0n) is 15.4. The number of methoxy groups -OCH3 is 2. The highest BCUT2D eigenvalue weighted by atomic mass is 16.6. The van der Waals surface area contributed by atoms with Gasteiger partial charge in [-0.2, -0.15) is 10.1 Å². The van der Waals surface area contributed by atoms with Gasteiger partial charge in [-0.15, -0.1) is 0 Å². The van der Waals surface area contributed by atoms with Gasteiger partial charge in [-0.1, -0.05) is 0 Å². The lowest BCUT2D eigenvalue weighted by Crippen LogP contribution is -2.53. The number of fused-ring (bicyclic) bond motifs is 1. The van der Waals surface area contributed by atoms with Gasteiger partial charge in [0.05, 0.1) is 39.7 Å². The van der Waals surface area contributed by atoms with Gasteiger partial charge in [0, 0.05) is 0 Å². The first-order valence-corrected chi connectivity index (χ1v) is 8.04. The summed E-state index contributed by atoms with van der Waals surface area (Å²) in [6.07, 6.45) is -1.64. The molecule has 1 aliphatic heterocycles. The fourth-order valence-electron chi connectivity index (χ4n) is 2.48. The predicted octanol–water partition coefficient (Wildman–Crippen LogP) is 0.759. The molecule has 2 heterocycles. The molecule has 0 atom stereocenters. The summed E-state index contributed by atoms with van der Waals surface area (Å²) in [4.78, 5) is 48.7. The maximum absolute atomic E-state index is 12.3. The van der Waals surface area contributed by atoms with Crippen LogP contribution in [-0.2, 0) is 32.2 Å². The molecule has 1 aliphatic rings. The maximum Gasteiger partial charge on any atom is 0.430 e. The van der Waals surface area contributed by atoms with Crippen LogP contribution < -0.4 is 0 Å². The predicted molar refractivity (Wildman–Crippen MR) is 86.3 cm³/mol. The zero-order valence-corrected chi connectivity index (χ0v) is 15.4. The number of carbonyl (C=O) groups excluding carboxylic acids is 4. The van der Waals surface area contributed by atoms with E-state index in [2.05, 4.69) is 9.84 Å². The molecule has 2 rings (SSSR count). The highest BCUT2D eigenvalue weighted by Crippen LogP contribution is 2.25. The van der Waals surface area contributed by atoms with Crippen molar-refractivity contribution in [1.82, 2.24) is 19.8 Å². The average Bonchev–Trinajstić information content (AvgIpc) is 3.04. The van der Waals surface area contributed by atoms with Gasteiger partial charge >= 0.3 is 24.1 Å². The molecule has 0 bridgehead atoms. The topological polar surface area (TPSA) is 130 Å². The Balaban J connectivity index is 2.54. The molecular formula is C15H20N4O8. The average molecular weight is 384 g/mol. The van der Waals surface area contributed by atoms with E-state index in [4.69, 9.17) is 14.2 Å². The van der Waals surface area contributed by atoms with Gasteiger partial charge in [0.15, 0.2) is 5.69 Å². The number of hydrogen-bond donors (Lipinski definition) is 0. The lowest BCUT2D eigenvalue weighted by molar-refractivity contribution is -0.0590. The van der Waals surface area contributed by atoms with E-state index in [1.165, 1.54) is 4.68 Å². The van der Waals surface area contributed by atoms with Crippen LogP contribution >= 0.6 is 0 Å². The molecule has 0 aliphatic carbocycles. The van der Waals surface area contributed by atoms with Crippen molar-refractivity contribution in [2.75, 3.05) is 27.4 Å². The Morgan fingerprint density at radius 1 is 0.926 bits per heavy atom. The molecule has 0 spiro atoms. The molecule has 0 saturated carbocycles. The minimum Gasteiger partial charge on any atom is -0.465 e. The SMILES string of the molecule is CCOC(=O)N1Cc2c(C(=O)OC)c(C(=O)OC)nn2CN1C(=O)OCC. The fraction of sp³-hybridized carbons (Fsp3) is 0.533. The standard InChI is InChI=1S/C15H20N4O8/c1-5-26-14(22)18-7-9-10(12(20)24-3)11(13(21)25-4)16-17(9)8-19(18)15(23)27-6-2/h5-8H2,1-4H3. The van der Waals surface area contributed by atoms with Crippen LogP contribution in [0.1, 0.15) is 40.4 Å². The Labute approximate surface area is 154 Å². The fourth-order valence-corrected chi connectivity index (χ4v) is 2.48. The van der Waals surface area contributed by atoms with Crippen LogP contribution in [-0.4, -0.2) is 71.4 Å². The maximum atomic E-state index is 12.3. The first kappa shape index (κ1) is 20.0. The Hall–Kier alpha value is -3.31. The summed E-state index contributed by atoms with van der Waals surface area (Å²) in [5.74, 6) is -1.69. The number of carbonyl (C=O) groups is 4. The van der Waals surface area contributed by atoms with Crippen molar-refractivity contribution < 1.29 is 38.1 Å². The van der Waals surface area contributed by atoms with Crippen molar-refractivity contribution in [3.05, 3.63) is 17.0 Å². The summed E-state index contributed by atoms with van der Waals surface area (Å²) in [5, 5.41) is 5.96. The minimum absolute atomic E-state index is 0.0720. The van der Waals surface area contributed by atoms with Crippen LogP contribution in [0.25, 0.3) is 0 Å². The third kappa shape index (κ3) is 3.78. The third-order valence-electron chi connectivity index (χ3n) is 3.64. The highest BCUT2D eigenvalue weighted by molar-refractivity contribution is 6.02. The highest BCUT2D eigenvalue weighted by Gasteiger charge is 2.39. The second-order valence-electron chi connectivity index (χ2n) is 5.15. The monoisotopic (exact) mass is 384 g/mol. The Morgan fingerprint density at radius 3 is 2.00 bits per heavy atom. The zero-order chi connectivity index (χ0) is 20.1. The molecule has 0 unspecified atom stereocenters. The number of aromatic nitrogens is 2. The molecule has 12 heteroatoms. The summed E-state index contributed by atoms with van der Waals surface area (Å²) >= 11 is 0. The van der Waals surface area contributed by atoms with Gasteiger partial charge in [-0.05, 0) is 13.8 Å². The summed E-state index contributed by atoms with van der Waals surface area (Å²) in [6, 6.07) is 0. The Bertz CT molecular complexity index is 759. The number of hydrazine groups is 1. The Morgan fingerprint density at radius 2 is 1.48 bits per heavy atom. The molecule has 27 heavy (non-hydrogen) atoms. The second kappa shape index (κ2) is 8.38. The van der Waals surface area contributed by atoms with E-state index in [1.807, 2.05) is 0 Å². The first-order chi connectivity index (χ1) is 12.9. The van der Waals surface area contributed by atoms with Gasteiger partial charge in [0.25, 0.3) is 0 Å². The van der Waals surface area contributed by atoms with Crippen LogP contribution in [0, 0.1) is 0 Å². The van der Waals surface area contributed by atoms with Crippen LogP contribution in [0.3, 0.4) is 0 Å². The molecule has 0 N–H and O–H groups in total. The molecule has 1 aromatic rings. The van der Waals surface area contributed by atoms with E-state index < -0.39 is 24.1 Å². The normalized spacial score (nSPS) is 12.9. The lowest BCUT2D eigenvalue weighted by Gasteiger charge is -2.36. The van der Waals surface area contributed by atoms with Crippen molar-refractivity contribution in [2.24, 2.45) is 0 Å². The van der Waals surface area contributed by atoms with E-state index in [9.17, 15) is 19.2 Å². The van der Waals surface area contributed by atoms with Gasteiger partial charge in [0.1, 0.15) is 12.2 Å². The van der Waals surface area contributed by atoms with E-state index in [1.54, 1.807) is 13.8 Å². The number of ether oxygens (including phenoxy) is 4. The summed E-state index contributed by atoms with van der Waals surface area (Å²) in [6.45, 7) is 2.82. The van der Waals surface area contributed by atoms with Crippen molar-refractivity contribution in [2.45, 2.75) is 27.1 Å². The number of nitrogens with zero attached hydrogens (tertiary/aromatic N) is 4. The van der Waals surface area contributed by atoms with Crippen molar-refractivity contribution >= 4 is 24.1 Å². The lowest BCUT2D eigenvalue weighted by atomic mass is 10.1. The van der Waals surface area contributed by atoms with Gasteiger partial charge in [-0.25, -0.2) is 28.9 Å². The summed E-state index contributed by atoms with van der Waals surface area (Å²) in [5.41, 5.74) is -0.244. The van der Waals surface area contributed by atoms with E-state index in [0.717, 1.165) is 24.2 Å². The molecule has 12 nitrogen and oxygen atoms in total. The molecule has 0 saturated heterocycles. The van der Waals surface area contributed by atoms with Crippen LogP contribution in [0.15, 0.2) is 0 Å². The van der Waals surface area contributed by atoms with Gasteiger partial charge < -0.3 is 18.9 Å². The van der Waals surface area contributed by atoms with Crippen molar-refractivity contribution in [3.8, 4) is 0 Å². The molecule has 0 radical (unpaired) electrons. The number of amides is 2. The third-order valence-corrected chi connectivity index (χ3v) is 3.64. The van der Waals surface area contributed by atoms with Gasteiger partial charge in [-0.3, -0.25) is 0 Å². The summed E-state index contributed by atoms with van der Waals surface area (Å²) in [7, 11) is 2.28. The molecule has 0 aromatic carbocycles. The minimum atomic E-state index is -0.859. The molecule has 1 aromatic heterocycles. The first-order valence-electron chi connectivity index (χ1n) is 8.04. The van der Waals surface area contributed by atoms with Crippen molar-refractivity contribution in [3.63, 3.8) is 0 Å². The van der Waals surface area contributed by atoms with Crippen LogP contribution in [0.4, 0.5) is 9.59 Å².